The third-order valence-electron chi connectivity index (χ3n) is 5.22. The number of carbonyl (C=O) groups is 1. The van der Waals surface area contributed by atoms with Gasteiger partial charge in [0.1, 0.15) is 11.9 Å². The van der Waals surface area contributed by atoms with Crippen molar-refractivity contribution in [3.8, 4) is 22.9 Å². The molecule has 170 valence electrons. The first-order valence-corrected chi connectivity index (χ1v) is 10.4. The number of carbonyl (C=O) groups excluding carboxylic acids is 1. The van der Waals surface area contributed by atoms with Crippen LogP contribution in [0.4, 0.5) is 16.0 Å². The van der Waals surface area contributed by atoms with Crippen LogP contribution >= 0.6 is 0 Å². The van der Waals surface area contributed by atoms with E-state index in [2.05, 4.69) is 35.8 Å². The summed E-state index contributed by atoms with van der Waals surface area (Å²) in [6.45, 7) is 1.84. The van der Waals surface area contributed by atoms with Crippen LogP contribution in [0.1, 0.15) is 16.1 Å². The van der Waals surface area contributed by atoms with Crippen LogP contribution in [0.2, 0.25) is 0 Å². The fourth-order valence-corrected chi connectivity index (χ4v) is 3.61. The number of fused-ring (bicyclic) bond motifs is 1. The van der Waals surface area contributed by atoms with E-state index in [1.54, 1.807) is 18.2 Å². The van der Waals surface area contributed by atoms with Crippen LogP contribution in [0.15, 0.2) is 60.9 Å². The molecule has 5 aromatic rings. The first-order valence-electron chi connectivity index (χ1n) is 10.4. The number of benzene rings is 2. The largest absolute Gasteiger partial charge is 0.435 e. The highest BCUT2D eigenvalue weighted by Gasteiger charge is 2.23. The van der Waals surface area contributed by atoms with Crippen molar-refractivity contribution in [3.05, 3.63) is 78.0 Å². The first-order chi connectivity index (χ1) is 16.5. The zero-order valence-corrected chi connectivity index (χ0v) is 18.3. The summed E-state index contributed by atoms with van der Waals surface area (Å²) in [5.41, 5.74) is 3.21. The normalized spacial score (nSPS) is 10.9. The average molecular weight is 457 g/mol. The molecule has 0 unspecified atom stereocenters. The summed E-state index contributed by atoms with van der Waals surface area (Å²) in [7, 11) is 1.47. The van der Waals surface area contributed by atoms with Crippen LogP contribution in [-0.2, 0) is 0 Å². The second-order valence-electron chi connectivity index (χ2n) is 7.53. The molecule has 5 rings (SSSR count). The molecule has 0 saturated carbocycles. The van der Waals surface area contributed by atoms with Gasteiger partial charge in [0.05, 0.1) is 5.69 Å². The maximum Gasteiger partial charge on any atom is 0.260 e. The third kappa shape index (κ3) is 3.92. The summed E-state index contributed by atoms with van der Waals surface area (Å²) in [6.07, 6.45) is 1.23. The monoisotopic (exact) mass is 457 g/mol. The SMILES string of the molecule is CNC(=O)c1c(Nc2cc(-c3ccccc3)[nH]n2)ncnc1Oc1ccc2[nH]c(C)cc2c1F. The number of halogens is 1. The zero-order valence-electron chi connectivity index (χ0n) is 18.3. The van der Waals surface area contributed by atoms with E-state index in [1.807, 2.05) is 37.3 Å². The molecule has 0 spiro atoms. The molecule has 2 aromatic carbocycles. The molecule has 0 fully saturated rings. The molecule has 10 heteroatoms. The Hall–Kier alpha value is -4.73. The van der Waals surface area contributed by atoms with Crippen molar-refractivity contribution in [2.45, 2.75) is 6.92 Å². The minimum atomic E-state index is -0.558. The molecule has 0 aliphatic carbocycles. The predicted octanol–water partition coefficient (Wildman–Crippen LogP) is 4.69. The Morgan fingerprint density at radius 2 is 1.91 bits per heavy atom. The highest BCUT2D eigenvalue weighted by molar-refractivity contribution is 6.01. The van der Waals surface area contributed by atoms with Gasteiger partial charge in [-0.1, -0.05) is 30.3 Å². The quantitative estimate of drug-likeness (QED) is 0.294. The number of anilines is 2. The maximum absolute atomic E-state index is 15.1. The van der Waals surface area contributed by atoms with Gasteiger partial charge in [-0.3, -0.25) is 9.89 Å². The van der Waals surface area contributed by atoms with E-state index < -0.39 is 11.7 Å². The fourth-order valence-electron chi connectivity index (χ4n) is 3.61. The smallest absolute Gasteiger partial charge is 0.260 e. The molecular formula is C24H20FN7O2. The highest BCUT2D eigenvalue weighted by atomic mass is 19.1. The summed E-state index contributed by atoms with van der Waals surface area (Å²) in [4.78, 5) is 24.1. The Bertz CT molecular complexity index is 1490. The van der Waals surface area contributed by atoms with Crippen LogP contribution in [0, 0.1) is 12.7 Å². The summed E-state index contributed by atoms with van der Waals surface area (Å²) in [5.74, 6) is -0.624. The topological polar surface area (TPSA) is 121 Å². The van der Waals surface area contributed by atoms with Gasteiger partial charge in [-0.2, -0.15) is 5.10 Å². The lowest BCUT2D eigenvalue weighted by molar-refractivity contribution is 0.0960. The molecule has 0 bridgehead atoms. The third-order valence-corrected chi connectivity index (χ3v) is 5.22. The minimum absolute atomic E-state index is 0.0130. The van der Waals surface area contributed by atoms with Gasteiger partial charge >= 0.3 is 0 Å². The molecule has 9 nitrogen and oxygen atoms in total. The van der Waals surface area contributed by atoms with Gasteiger partial charge in [-0.05, 0) is 30.7 Å². The Morgan fingerprint density at radius 3 is 2.71 bits per heavy atom. The average Bonchev–Trinajstić information content (AvgIpc) is 3.48. The Balaban J connectivity index is 1.50. The van der Waals surface area contributed by atoms with Crippen molar-refractivity contribution in [3.63, 3.8) is 0 Å². The van der Waals surface area contributed by atoms with E-state index in [0.717, 1.165) is 17.0 Å². The van der Waals surface area contributed by atoms with Gasteiger partial charge in [-0.15, -0.1) is 0 Å². The molecule has 0 radical (unpaired) electrons. The number of hydrogen-bond acceptors (Lipinski definition) is 6. The van der Waals surface area contributed by atoms with Crippen molar-refractivity contribution in [1.29, 1.82) is 0 Å². The van der Waals surface area contributed by atoms with Crippen LogP contribution in [0.25, 0.3) is 22.2 Å². The molecule has 0 aliphatic heterocycles. The molecule has 3 aromatic heterocycles. The van der Waals surface area contributed by atoms with Crippen LogP contribution in [0.5, 0.6) is 11.6 Å². The predicted molar refractivity (Wildman–Crippen MR) is 126 cm³/mol. The van der Waals surface area contributed by atoms with Crippen molar-refractivity contribution in [1.82, 2.24) is 30.5 Å². The highest BCUT2D eigenvalue weighted by Crippen LogP contribution is 2.33. The molecule has 34 heavy (non-hydrogen) atoms. The maximum atomic E-state index is 15.1. The number of aromatic amines is 2. The Kier molecular flexibility index (Phi) is 5.38. The summed E-state index contributed by atoms with van der Waals surface area (Å²) < 4.78 is 20.8. The van der Waals surface area contributed by atoms with Crippen LogP contribution < -0.4 is 15.4 Å². The van der Waals surface area contributed by atoms with Crippen molar-refractivity contribution >= 4 is 28.4 Å². The van der Waals surface area contributed by atoms with Gasteiger partial charge in [0.2, 0.25) is 5.88 Å². The Morgan fingerprint density at radius 1 is 1.09 bits per heavy atom. The molecule has 4 N–H and O–H groups in total. The second kappa shape index (κ2) is 8.66. The molecule has 1 amide bonds. The number of aryl methyl sites for hydroxylation is 1. The lowest BCUT2D eigenvalue weighted by atomic mass is 10.1. The molecule has 0 atom stereocenters. The lowest BCUT2D eigenvalue weighted by Gasteiger charge is -2.13. The molecule has 0 aliphatic rings. The van der Waals surface area contributed by atoms with E-state index in [0.29, 0.717) is 16.7 Å². The number of H-pyrrole nitrogens is 2. The van der Waals surface area contributed by atoms with Gasteiger partial charge in [0.15, 0.2) is 23.2 Å². The van der Waals surface area contributed by atoms with Gasteiger partial charge in [-0.25, -0.2) is 14.4 Å². The standard InChI is InChI=1S/C24H20FN7O2/c1-13-10-15-16(29-13)8-9-18(21(15)25)34-24-20(23(33)26-2)22(27-12-28-24)30-19-11-17(31-32-19)14-6-4-3-5-7-14/h3-12,29H,1-2H3,(H,26,33)(H2,27,28,30,31,32). The number of nitrogens with zero attached hydrogens (tertiary/aromatic N) is 3. The van der Waals surface area contributed by atoms with E-state index in [9.17, 15) is 4.79 Å². The zero-order chi connectivity index (χ0) is 23.7. The summed E-state index contributed by atoms with van der Waals surface area (Å²) in [5, 5.41) is 13.1. The van der Waals surface area contributed by atoms with E-state index in [-0.39, 0.29) is 23.0 Å². The lowest BCUT2D eigenvalue weighted by Crippen LogP contribution is -2.21. The molecule has 3 heterocycles. The van der Waals surface area contributed by atoms with Crippen molar-refractivity contribution < 1.29 is 13.9 Å². The van der Waals surface area contributed by atoms with Crippen molar-refractivity contribution in [2.24, 2.45) is 0 Å². The number of hydrogen-bond donors (Lipinski definition) is 4. The van der Waals surface area contributed by atoms with Gasteiger partial charge in [0, 0.05) is 29.7 Å². The number of ether oxygens (including phenoxy) is 1. The number of aromatic nitrogens is 5. The number of rotatable bonds is 6. The Labute approximate surface area is 193 Å². The summed E-state index contributed by atoms with van der Waals surface area (Å²) >= 11 is 0. The molecular weight excluding hydrogens is 437 g/mol. The minimum Gasteiger partial charge on any atom is -0.435 e. The second-order valence-corrected chi connectivity index (χ2v) is 7.53. The van der Waals surface area contributed by atoms with Crippen LogP contribution in [-0.4, -0.2) is 38.1 Å². The number of amides is 1. The van der Waals surface area contributed by atoms with E-state index >= 15 is 4.39 Å². The first kappa shape index (κ1) is 21.1. The van der Waals surface area contributed by atoms with Gasteiger partial charge in [0.25, 0.3) is 5.91 Å². The van der Waals surface area contributed by atoms with Crippen LogP contribution in [0.3, 0.4) is 0 Å². The fraction of sp³-hybridized carbons (Fsp3) is 0.0833. The van der Waals surface area contributed by atoms with E-state index in [4.69, 9.17) is 4.74 Å². The van der Waals surface area contributed by atoms with Crippen molar-refractivity contribution in [2.75, 3.05) is 12.4 Å². The van der Waals surface area contributed by atoms with Gasteiger partial charge < -0.3 is 20.4 Å². The van der Waals surface area contributed by atoms with E-state index in [1.165, 1.54) is 19.4 Å². The molecule has 0 saturated heterocycles. The summed E-state index contributed by atoms with van der Waals surface area (Å²) in [6, 6.07) is 16.3. The number of nitrogens with one attached hydrogen (secondary N) is 4.